The van der Waals surface area contributed by atoms with Crippen molar-refractivity contribution in [3.63, 3.8) is 0 Å². The van der Waals surface area contributed by atoms with Gasteiger partial charge in [0.05, 0.1) is 14.2 Å². The molecule has 0 unspecified atom stereocenters. The topological polar surface area (TPSA) is 56.8 Å². The number of esters is 1. The van der Waals surface area contributed by atoms with Crippen molar-refractivity contribution in [2.45, 2.75) is 31.5 Å². The highest BCUT2D eigenvalue weighted by Crippen LogP contribution is 2.36. The lowest BCUT2D eigenvalue weighted by molar-refractivity contribution is -0.143. The summed E-state index contributed by atoms with van der Waals surface area (Å²) in [5.41, 5.74) is 2.05. The maximum absolute atomic E-state index is 12.3. The molecule has 1 heterocycles. The van der Waals surface area contributed by atoms with E-state index in [1.807, 2.05) is 55.5 Å². The molecule has 5 heteroatoms. The van der Waals surface area contributed by atoms with Crippen LogP contribution in [0.5, 0.6) is 11.5 Å². The number of benzene rings is 2. The first-order chi connectivity index (χ1) is 12.1. The number of carbonyl (C=O) groups excluding carboxylic acids is 1. The first-order valence-corrected chi connectivity index (χ1v) is 8.35. The van der Waals surface area contributed by atoms with Crippen molar-refractivity contribution in [1.82, 2.24) is 5.32 Å². The van der Waals surface area contributed by atoms with Crippen molar-refractivity contribution < 1.29 is 19.0 Å². The van der Waals surface area contributed by atoms with Gasteiger partial charge >= 0.3 is 5.97 Å². The molecule has 1 aliphatic rings. The fourth-order valence-corrected chi connectivity index (χ4v) is 3.11. The summed E-state index contributed by atoms with van der Waals surface area (Å²) in [6.45, 7) is 2.05. The van der Waals surface area contributed by atoms with E-state index in [0.717, 1.165) is 11.1 Å². The zero-order valence-electron chi connectivity index (χ0n) is 14.7. The van der Waals surface area contributed by atoms with Crippen LogP contribution < -0.4 is 14.8 Å². The van der Waals surface area contributed by atoms with Crippen LogP contribution in [0.1, 0.15) is 36.6 Å². The Morgan fingerprint density at radius 3 is 2.48 bits per heavy atom. The lowest BCUT2D eigenvalue weighted by Crippen LogP contribution is -2.35. The molecule has 2 aromatic carbocycles. The molecule has 0 radical (unpaired) electrons. The van der Waals surface area contributed by atoms with Crippen molar-refractivity contribution in [2.75, 3.05) is 14.2 Å². The van der Waals surface area contributed by atoms with E-state index in [9.17, 15) is 4.79 Å². The second-order valence-electron chi connectivity index (χ2n) is 6.13. The minimum Gasteiger partial charge on any atom is -0.493 e. The molecular formula is C20H23NO4. The van der Waals surface area contributed by atoms with Crippen LogP contribution in [0, 0.1) is 0 Å². The first kappa shape index (κ1) is 17.3. The molecule has 1 aliphatic heterocycles. The van der Waals surface area contributed by atoms with Crippen LogP contribution in [0.2, 0.25) is 0 Å². The van der Waals surface area contributed by atoms with Crippen LogP contribution in [-0.4, -0.2) is 26.2 Å². The van der Waals surface area contributed by atoms with E-state index in [-0.39, 0.29) is 24.2 Å². The Hall–Kier alpha value is -2.53. The molecular weight excluding hydrogens is 318 g/mol. The highest BCUT2D eigenvalue weighted by molar-refractivity contribution is 5.78. The molecule has 1 fully saturated rings. The standard InChI is InChI=1S/C20H23NO4/c1-13(14-7-5-4-6-8-14)21-16-12-18(25-20(16)22)15-9-10-17(23-2)19(11-15)24-3/h4-11,13,16,18,21H,12H2,1-3H3/t13-,16-,18-/m1/s1. The third-order valence-corrected chi connectivity index (χ3v) is 4.52. The lowest BCUT2D eigenvalue weighted by atomic mass is 10.0. The highest BCUT2D eigenvalue weighted by Gasteiger charge is 2.36. The molecule has 0 spiro atoms. The van der Waals surface area contributed by atoms with E-state index in [2.05, 4.69) is 5.32 Å². The van der Waals surface area contributed by atoms with Crippen molar-refractivity contribution in [3.05, 3.63) is 59.7 Å². The zero-order chi connectivity index (χ0) is 17.8. The quantitative estimate of drug-likeness (QED) is 0.816. The highest BCUT2D eigenvalue weighted by atomic mass is 16.6. The number of nitrogens with one attached hydrogen (secondary N) is 1. The summed E-state index contributed by atoms with van der Waals surface area (Å²) in [5, 5.41) is 3.37. The molecule has 0 aromatic heterocycles. The Morgan fingerprint density at radius 1 is 1.08 bits per heavy atom. The van der Waals surface area contributed by atoms with Gasteiger partial charge in [-0.1, -0.05) is 36.4 Å². The second kappa shape index (κ2) is 7.57. The summed E-state index contributed by atoms with van der Waals surface area (Å²) in [7, 11) is 3.19. The van der Waals surface area contributed by atoms with Crippen LogP contribution in [-0.2, 0) is 9.53 Å². The van der Waals surface area contributed by atoms with Gasteiger partial charge in [-0.15, -0.1) is 0 Å². The van der Waals surface area contributed by atoms with Crippen molar-refractivity contribution in [2.24, 2.45) is 0 Å². The number of hydrogen-bond acceptors (Lipinski definition) is 5. The molecule has 132 valence electrons. The van der Waals surface area contributed by atoms with Gasteiger partial charge in [0.2, 0.25) is 0 Å². The normalized spacial score (nSPS) is 20.8. The maximum atomic E-state index is 12.3. The summed E-state index contributed by atoms with van der Waals surface area (Å²) in [6.07, 6.45) is 0.304. The minimum absolute atomic E-state index is 0.0721. The van der Waals surface area contributed by atoms with Crippen LogP contribution in [0.4, 0.5) is 0 Å². The summed E-state index contributed by atoms with van der Waals surface area (Å²) in [6, 6.07) is 15.4. The maximum Gasteiger partial charge on any atom is 0.323 e. The fraction of sp³-hybridized carbons (Fsp3) is 0.350. The summed E-state index contributed by atoms with van der Waals surface area (Å²) >= 11 is 0. The Morgan fingerprint density at radius 2 is 1.80 bits per heavy atom. The molecule has 3 rings (SSSR count). The van der Waals surface area contributed by atoms with E-state index >= 15 is 0 Å². The van der Waals surface area contributed by atoms with Gasteiger partial charge in [0, 0.05) is 12.5 Å². The Labute approximate surface area is 147 Å². The molecule has 1 N–H and O–H groups in total. The van der Waals surface area contributed by atoms with E-state index < -0.39 is 0 Å². The predicted octanol–water partition coefficient (Wildman–Crippen LogP) is 3.41. The van der Waals surface area contributed by atoms with Gasteiger partial charge in [0.15, 0.2) is 11.5 Å². The summed E-state index contributed by atoms with van der Waals surface area (Å²) in [5.74, 6) is 1.07. The second-order valence-corrected chi connectivity index (χ2v) is 6.13. The van der Waals surface area contributed by atoms with Crippen molar-refractivity contribution in [1.29, 1.82) is 0 Å². The average Bonchev–Trinajstić information content (AvgIpc) is 3.02. The van der Waals surface area contributed by atoms with E-state index in [4.69, 9.17) is 14.2 Å². The molecule has 3 atom stereocenters. The van der Waals surface area contributed by atoms with Gasteiger partial charge in [-0.05, 0) is 30.2 Å². The number of hydrogen-bond donors (Lipinski definition) is 1. The van der Waals surface area contributed by atoms with Gasteiger partial charge in [0.1, 0.15) is 12.1 Å². The predicted molar refractivity (Wildman–Crippen MR) is 94.8 cm³/mol. The molecule has 0 saturated carbocycles. The van der Waals surface area contributed by atoms with E-state index in [0.29, 0.717) is 17.9 Å². The summed E-state index contributed by atoms with van der Waals surface area (Å²) in [4.78, 5) is 12.3. The molecule has 5 nitrogen and oxygen atoms in total. The number of methoxy groups -OCH3 is 2. The zero-order valence-corrected chi connectivity index (χ0v) is 14.7. The largest absolute Gasteiger partial charge is 0.493 e. The fourth-order valence-electron chi connectivity index (χ4n) is 3.11. The third kappa shape index (κ3) is 3.77. The Kier molecular flexibility index (Phi) is 5.24. The van der Waals surface area contributed by atoms with Crippen LogP contribution in [0.3, 0.4) is 0 Å². The molecule has 0 aliphatic carbocycles. The first-order valence-electron chi connectivity index (χ1n) is 8.35. The van der Waals surface area contributed by atoms with Gasteiger partial charge < -0.3 is 14.2 Å². The van der Waals surface area contributed by atoms with Gasteiger partial charge in [-0.25, -0.2) is 0 Å². The van der Waals surface area contributed by atoms with Gasteiger partial charge in [-0.2, -0.15) is 0 Å². The molecule has 2 aromatic rings. The number of cyclic esters (lactones) is 1. The Balaban J connectivity index is 1.70. The van der Waals surface area contributed by atoms with Crippen LogP contribution in [0.25, 0.3) is 0 Å². The third-order valence-electron chi connectivity index (χ3n) is 4.52. The van der Waals surface area contributed by atoms with Crippen LogP contribution >= 0.6 is 0 Å². The van der Waals surface area contributed by atoms with E-state index in [1.54, 1.807) is 14.2 Å². The number of rotatable bonds is 6. The Bertz CT molecular complexity index is 732. The SMILES string of the molecule is COc1ccc([C@H]2C[C@@H](N[C@H](C)c3ccccc3)C(=O)O2)cc1OC. The molecule has 0 amide bonds. The molecule has 1 saturated heterocycles. The van der Waals surface area contributed by atoms with Crippen LogP contribution in [0.15, 0.2) is 48.5 Å². The van der Waals surface area contributed by atoms with Crippen molar-refractivity contribution in [3.8, 4) is 11.5 Å². The van der Waals surface area contributed by atoms with Crippen molar-refractivity contribution >= 4 is 5.97 Å². The minimum atomic E-state index is -0.326. The van der Waals surface area contributed by atoms with E-state index in [1.165, 1.54) is 0 Å². The smallest absolute Gasteiger partial charge is 0.323 e. The lowest BCUT2D eigenvalue weighted by Gasteiger charge is -2.17. The monoisotopic (exact) mass is 341 g/mol. The number of carbonyl (C=O) groups is 1. The van der Waals surface area contributed by atoms with Gasteiger partial charge in [-0.3, -0.25) is 10.1 Å². The average molecular weight is 341 g/mol. The van der Waals surface area contributed by atoms with Gasteiger partial charge in [0.25, 0.3) is 0 Å². The molecule has 25 heavy (non-hydrogen) atoms. The summed E-state index contributed by atoms with van der Waals surface area (Å²) < 4.78 is 16.2. The molecule has 0 bridgehead atoms. The number of ether oxygens (including phenoxy) is 3.